The molecule has 0 aromatic rings. The average molecular weight is 273 g/mol. The third-order valence-corrected chi connectivity index (χ3v) is 1.82. The van der Waals surface area contributed by atoms with Crippen LogP contribution in [0.2, 0.25) is 0 Å². The van der Waals surface area contributed by atoms with Crippen LogP contribution in [0.15, 0.2) is 20.7 Å². The first-order valence-electron chi connectivity index (χ1n) is 2.25. The van der Waals surface area contributed by atoms with Crippen LogP contribution in [-0.4, -0.2) is 0 Å². The second-order valence-corrected chi connectivity index (χ2v) is 3.72. The Bertz CT molecular complexity index is 138. The van der Waals surface area contributed by atoms with Crippen molar-refractivity contribution in [1.82, 2.24) is 5.32 Å². The number of halogens is 2. The number of nitrogens with one attached hydrogen (secondary N) is 1. The normalized spacial score (nSPS) is 13.8. The molecule has 52 valence electrons. The van der Waals surface area contributed by atoms with Gasteiger partial charge in [0, 0.05) is 10.7 Å². The minimum absolute atomic E-state index is 0.838. The van der Waals surface area contributed by atoms with Crippen LogP contribution in [0.25, 0.3) is 0 Å². The highest BCUT2D eigenvalue weighted by atomic mass is 79.9. The molecule has 0 heterocycles. The van der Waals surface area contributed by atoms with E-state index in [1.54, 1.807) is 5.41 Å². The maximum Gasteiger partial charge on any atom is 0.0881 e. The molecule has 0 aromatic carbocycles. The van der Waals surface area contributed by atoms with Gasteiger partial charge in [-0.25, -0.2) is 0 Å². The van der Waals surface area contributed by atoms with Gasteiger partial charge in [-0.2, -0.15) is 0 Å². The monoisotopic (exact) mass is 271 g/mol. The Labute approximate surface area is 77.3 Å². The van der Waals surface area contributed by atoms with E-state index in [0.29, 0.717) is 0 Å². The Morgan fingerprint density at radius 2 is 2.11 bits per heavy atom. The molecule has 4 heteroatoms. The van der Waals surface area contributed by atoms with E-state index in [-0.39, 0.29) is 0 Å². The summed E-state index contributed by atoms with van der Waals surface area (Å²) in [7, 11) is 0. The molecule has 1 N–H and O–H groups in total. The molecule has 0 fully saturated rings. The SMILES string of the molecule is CC(Br)=CN/C(Br)=C\S. The van der Waals surface area contributed by atoms with Crippen LogP contribution in [-0.2, 0) is 0 Å². The van der Waals surface area contributed by atoms with Gasteiger partial charge in [-0.05, 0) is 28.3 Å². The lowest BCUT2D eigenvalue weighted by atomic mass is 10.7. The highest BCUT2D eigenvalue weighted by Gasteiger charge is 1.81. The molecular weight excluding hydrogens is 266 g/mol. The van der Waals surface area contributed by atoms with Crippen LogP contribution < -0.4 is 5.32 Å². The second-order valence-electron chi connectivity index (χ2n) is 1.35. The van der Waals surface area contributed by atoms with Gasteiger partial charge in [-0.3, -0.25) is 0 Å². The lowest BCUT2D eigenvalue weighted by Crippen LogP contribution is -1.96. The summed E-state index contributed by atoms with van der Waals surface area (Å²) in [6, 6.07) is 0. The van der Waals surface area contributed by atoms with Crippen LogP contribution in [0.5, 0.6) is 0 Å². The fourth-order valence-corrected chi connectivity index (χ4v) is 0.509. The lowest BCUT2D eigenvalue weighted by molar-refractivity contribution is 1.17. The lowest BCUT2D eigenvalue weighted by Gasteiger charge is -1.94. The summed E-state index contributed by atoms with van der Waals surface area (Å²) in [4.78, 5) is 0. The molecule has 0 unspecified atom stereocenters. The summed E-state index contributed by atoms with van der Waals surface area (Å²) in [6.07, 6.45) is 1.82. The van der Waals surface area contributed by atoms with Gasteiger partial charge >= 0.3 is 0 Å². The fraction of sp³-hybridized carbons (Fsp3) is 0.200. The third kappa shape index (κ3) is 6.48. The molecule has 0 saturated carbocycles. The molecule has 9 heavy (non-hydrogen) atoms. The Kier molecular flexibility index (Phi) is 5.73. The Hall–Kier alpha value is 0.590. The maximum absolute atomic E-state index is 3.90. The van der Waals surface area contributed by atoms with E-state index in [1.807, 2.05) is 13.1 Å². The number of hydrogen-bond donors (Lipinski definition) is 2. The number of allylic oxidation sites excluding steroid dienone is 1. The summed E-state index contributed by atoms with van der Waals surface area (Å²) in [5.74, 6) is 0. The smallest absolute Gasteiger partial charge is 0.0881 e. The van der Waals surface area contributed by atoms with E-state index in [2.05, 4.69) is 49.8 Å². The molecule has 0 aliphatic heterocycles. The van der Waals surface area contributed by atoms with Crippen molar-refractivity contribution in [3.05, 3.63) is 20.7 Å². The van der Waals surface area contributed by atoms with Crippen LogP contribution in [0, 0.1) is 0 Å². The zero-order valence-corrected chi connectivity index (χ0v) is 8.92. The molecule has 0 aliphatic rings. The Morgan fingerprint density at radius 1 is 1.56 bits per heavy atom. The van der Waals surface area contributed by atoms with Gasteiger partial charge in [0.1, 0.15) is 0 Å². The zero-order valence-electron chi connectivity index (χ0n) is 4.86. The van der Waals surface area contributed by atoms with E-state index >= 15 is 0 Å². The molecule has 1 nitrogen and oxygen atoms in total. The fourth-order valence-electron chi connectivity index (χ4n) is 0.206. The molecule has 0 amide bonds. The molecule has 0 bridgehead atoms. The molecule has 0 atom stereocenters. The molecule has 0 rings (SSSR count). The van der Waals surface area contributed by atoms with Crippen molar-refractivity contribution in [1.29, 1.82) is 0 Å². The standard InChI is InChI=1S/C5H7Br2NS/c1-4(6)2-8-5(7)3-9/h2-3,8-9H,1H3/b4-2?,5-3-. The third-order valence-electron chi connectivity index (χ3n) is 0.522. The van der Waals surface area contributed by atoms with Crippen molar-refractivity contribution in [2.45, 2.75) is 6.92 Å². The van der Waals surface area contributed by atoms with Crippen molar-refractivity contribution in [2.75, 3.05) is 0 Å². The molecule has 0 saturated heterocycles. The predicted octanol–water partition coefficient (Wildman–Crippen LogP) is 2.96. The summed E-state index contributed by atoms with van der Waals surface area (Å²) in [6.45, 7) is 1.94. The number of rotatable bonds is 2. The van der Waals surface area contributed by atoms with Crippen molar-refractivity contribution in [3.63, 3.8) is 0 Å². The van der Waals surface area contributed by atoms with Crippen molar-refractivity contribution in [2.24, 2.45) is 0 Å². The average Bonchev–Trinajstić information content (AvgIpc) is 1.83. The van der Waals surface area contributed by atoms with E-state index in [0.717, 1.165) is 9.09 Å². The second kappa shape index (κ2) is 5.38. The Balaban J connectivity index is 3.64. The van der Waals surface area contributed by atoms with Crippen molar-refractivity contribution < 1.29 is 0 Å². The summed E-state index contributed by atoms with van der Waals surface area (Å²) < 4.78 is 1.87. The molecule has 0 aliphatic carbocycles. The molecular formula is C5H7Br2NS. The first kappa shape index (κ1) is 9.59. The van der Waals surface area contributed by atoms with E-state index < -0.39 is 0 Å². The van der Waals surface area contributed by atoms with E-state index in [9.17, 15) is 0 Å². The quantitative estimate of drug-likeness (QED) is 0.582. The largest absolute Gasteiger partial charge is 0.355 e. The van der Waals surface area contributed by atoms with Gasteiger partial charge in [0.25, 0.3) is 0 Å². The number of thiol groups is 1. The first-order valence-corrected chi connectivity index (χ1v) is 4.35. The van der Waals surface area contributed by atoms with Crippen molar-refractivity contribution >= 4 is 44.5 Å². The zero-order chi connectivity index (χ0) is 7.28. The minimum Gasteiger partial charge on any atom is -0.355 e. The molecule has 0 spiro atoms. The van der Waals surface area contributed by atoms with Crippen LogP contribution in [0.4, 0.5) is 0 Å². The summed E-state index contributed by atoms with van der Waals surface area (Å²) in [5, 5.41) is 4.56. The van der Waals surface area contributed by atoms with Gasteiger partial charge in [-0.1, -0.05) is 15.9 Å². The van der Waals surface area contributed by atoms with Crippen LogP contribution >= 0.6 is 44.5 Å². The predicted molar refractivity (Wildman–Crippen MR) is 51.8 cm³/mol. The summed E-state index contributed by atoms with van der Waals surface area (Å²) in [5.41, 5.74) is 0. The highest BCUT2D eigenvalue weighted by Crippen LogP contribution is 2.04. The highest BCUT2D eigenvalue weighted by molar-refractivity contribution is 9.12. The maximum atomic E-state index is 3.90. The Morgan fingerprint density at radius 3 is 2.44 bits per heavy atom. The van der Waals surface area contributed by atoms with Crippen LogP contribution in [0.1, 0.15) is 6.92 Å². The molecule has 0 radical (unpaired) electrons. The summed E-state index contributed by atoms with van der Waals surface area (Å²) >= 11 is 10.4. The topological polar surface area (TPSA) is 12.0 Å². The number of hydrogen-bond acceptors (Lipinski definition) is 2. The van der Waals surface area contributed by atoms with Crippen molar-refractivity contribution in [3.8, 4) is 0 Å². The van der Waals surface area contributed by atoms with Crippen LogP contribution in [0.3, 0.4) is 0 Å². The van der Waals surface area contributed by atoms with Gasteiger partial charge in [0.05, 0.1) is 4.61 Å². The van der Waals surface area contributed by atoms with Gasteiger partial charge in [0.15, 0.2) is 0 Å². The van der Waals surface area contributed by atoms with Gasteiger partial charge in [0.2, 0.25) is 0 Å². The van der Waals surface area contributed by atoms with E-state index in [1.165, 1.54) is 0 Å². The molecule has 0 aromatic heterocycles. The first-order chi connectivity index (χ1) is 4.16. The van der Waals surface area contributed by atoms with Gasteiger partial charge in [-0.15, -0.1) is 12.6 Å². The minimum atomic E-state index is 0.838. The van der Waals surface area contributed by atoms with Gasteiger partial charge < -0.3 is 5.32 Å². The van der Waals surface area contributed by atoms with E-state index in [4.69, 9.17) is 0 Å².